The van der Waals surface area contributed by atoms with Crippen LogP contribution in [0.15, 0.2) is 24.3 Å². The number of alkyl carbamates (subject to hydrolysis) is 1. The van der Waals surface area contributed by atoms with Gasteiger partial charge in [0.25, 0.3) is 0 Å². The number of amides is 4. The van der Waals surface area contributed by atoms with Crippen molar-refractivity contribution in [3.8, 4) is 5.75 Å². The van der Waals surface area contributed by atoms with E-state index in [1.165, 1.54) is 18.2 Å². The molecule has 0 aromatic heterocycles. The van der Waals surface area contributed by atoms with Crippen molar-refractivity contribution in [2.75, 3.05) is 19.7 Å². The Morgan fingerprint density at radius 3 is 2.43 bits per heavy atom. The molecule has 0 aliphatic rings. The Labute approximate surface area is 206 Å². The van der Waals surface area contributed by atoms with Crippen LogP contribution in [0.25, 0.3) is 0 Å². The Bertz CT molecular complexity index is 870. The zero-order chi connectivity index (χ0) is 26.6. The first-order valence-corrected chi connectivity index (χ1v) is 11.6. The van der Waals surface area contributed by atoms with Crippen molar-refractivity contribution in [1.82, 2.24) is 15.5 Å². The van der Waals surface area contributed by atoms with E-state index in [1.54, 1.807) is 26.8 Å². The molecule has 1 aromatic carbocycles. The molecule has 1 rings (SSSR count). The Morgan fingerprint density at radius 2 is 1.89 bits per heavy atom. The van der Waals surface area contributed by atoms with Gasteiger partial charge in [0.05, 0.1) is 6.61 Å². The molecule has 2 atom stereocenters. The fourth-order valence-corrected chi connectivity index (χ4v) is 3.32. The molecule has 11 nitrogen and oxygen atoms in total. The number of rotatable bonds is 13. The van der Waals surface area contributed by atoms with Crippen LogP contribution < -0.4 is 16.4 Å². The Morgan fingerprint density at radius 1 is 1.20 bits per heavy atom. The van der Waals surface area contributed by atoms with Gasteiger partial charge in [-0.05, 0) is 51.3 Å². The molecular weight excluding hydrogens is 456 g/mol. The van der Waals surface area contributed by atoms with E-state index < -0.39 is 48.1 Å². The first-order valence-electron chi connectivity index (χ1n) is 11.6. The van der Waals surface area contributed by atoms with E-state index in [9.17, 15) is 29.4 Å². The monoisotopic (exact) mass is 494 g/mol. The van der Waals surface area contributed by atoms with E-state index in [-0.39, 0.29) is 25.1 Å². The molecule has 0 saturated heterocycles. The van der Waals surface area contributed by atoms with Crippen LogP contribution in [-0.4, -0.2) is 70.3 Å². The van der Waals surface area contributed by atoms with E-state index in [1.807, 2.05) is 6.92 Å². The minimum absolute atomic E-state index is 0.109. The average Bonchev–Trinajstić information content (AvgIpc) is 2.74. The molecule has 11 heteroatoms. The minimum atomic E-state index is -1.26. The predicted molar refractivity (Wildman–Crippen MR) is 129 cm³/mol. The van der Waals surface area contributed by atoms with Crippen molar-refractivity contribution in [1.29, 1.82) is 0 Å². The standard InChI is InChI=1S/C24H38N4O7/c1-5-6-12-26-21(32)20(16-8-7-9-17(30)15-16)28(13-14-29)22(33)18(10-11-19(25)31)27-23(34)35-24(2,3)4/h7-9,15,18,20,29-30H,5-6,10-14H2,1-4H3,(H2,25,31)(H,26,32)(H,27,34). The highest BCUT2D eigenvalue weighted by Crippen LogP contribution is 2.26. The SMILES string of the molecule is CCCCNC(=O)C(c1cccc(O)c1)N(CCO)C(=O)C(CCC(N)=O)NC(=O)OC(C)(C)C. The van der Waals surface area contributed by atoms with Crippen LogP contribution >= 0.6 is 0 Å². The lowest BCUT2D eigenvalue weighted by atomic mass is 10.0. The van der Waals surface area contributed by atoms with Gasteiger partial charge in [0.15, 0.2) is 0 Å². The van der Waals surface area contributed by atoms with E-state index in [4.69, 9.17) is 10.5 Å². The number of nitrogens with zero attached hydrogens (tertiary/aromatic N) is 1. The highest BCUT2D eigenvalue weighted by molar-refractivity contribution is 5.92. The lowest BCUT2D eigenvalue weighted by Gasteiger charge is -2.34. The van der Waals surface area contributed by atoms with Gasteiger partial charge in [-0.25, -0.2) is 4.79 Å². The molecule has 0 radical (unpaired) electrons. The van der Waals surface area contributed by atoms with Crippen LogP contribution in [-0.2, 0) is 19.1 Å². The number of carbonyl (C=O) groups is 4. The molecule has 6 N–H and O–H groups in total. The molecule has 2 unspecified atom stereocenters. The molecular formula is C24H38N4O7. The number of hydrogen-bond acceptors (Lipinski definition) is 7. The van der Waals surface area contributed by atoms with E-state index in [0.717, 1.165) is 11.3 Å². The molecule has 0 aliphatic heterocycles. The van der Waals surface area contributed by atoms with Gasteiger partial charge in [-0.2, -0.15) is 0 Å². The number of aliphatic hydroxyl groups is 1. The summed E-state index contributed by atoms with van der Waals surface area (Å²) in [5.41, 5.74) is 4.73. The number of phenols is 1. The molecule has 35 heavy (non-hydrogen) atoms. The van der Waals surface area contributed by atoms with Gasteiger partial charge in [0.2, 0.25) is 17.7 Å². The predicted octanol–water partition coefficient (Wildman–Crippen LogP) is 1.33. The lowest BCUT2D eigenvalue weighted by molar-refractivity contribution is -0.143. The first-order chi connectivity index (χ1) is 16.4. The molecule has 1 aromatic rings. The third-order valence-corrected chi connectivity index (χ3v) is 4.87. The number of phenolic OH excluding ortho intramolecular Hbond substituents is 1. The summed E-state index contributed by atoms with van der Waals surface area (Å²) in [5.74, 6) is -2.02. The highest BCUT2D eigenvalue weighted by Gasteiger charge is 2.36. The molecule has 0 fully saturated rings. The van der Waals surface area contributed by atoms with Crippen molar-refractivity contribution in [3.05, 3.63) is 29.8 Å². The van der Waals surface area contributed by atoms with E-state index in [0.29, 0.717) is 18.5 Å². The zero-order valence-corrected chi connectivity index (χ0v) is 20.9. The molecule has 196 valence electrons. The summed E-state index contributed by atoms with van der Waals surface area (Å²) in [4.78, 5) is 51.8. The number of aromatic hydroxyl groups is 1. The Hall–Kier alpha value is -3.34. The highest BCUT2D eigenvalue weighted by atomic mass is 16.6. The molecule has 4 amide bonds. The van der Waals surface area contributed by atoms with Crippen molar-refractivity contribution in [2.45, 2.75) is 71.1 Å². The van der Waals surface area contributed by atoms with Gasteiger partial charge in [0.1, 0.15) is 23.4 Å². The lowest BCUT2D eigenvalue weighted by Crippen LogP contribution is -2.54. The summed E-state index contributed by atoms with van der Waals surface area (Å²) in [6.07, 6.45) is 0.322. The third kappa shape index (κ3) is 10.6. The maximum atomic E-state index is 13.6. The Kier molecular flexibility index (Phi) is 12.0. The fourth-order valence-electron chi connectivity index (χ4n) is 3.32. The summed E-state index contributed by atoms with van der Waals surface area (Å²) in [5, 5.41) is 24.9. The van der Waals surface area contributed by atoms with Crippen molar-refractivity contribution in [3.63, 3.8) is 0 Å². The number of carbonyl (C=O) groups excluding carboxylic acids is 4. The number of aliphatic hydroxyl groups excluding tert-OH is 1. The second-order valence-electron chi connectivity index (χ2n) is 9.10. The summed E-state index contributed by atoms with van der Waals surface area (Å²) >= 11 is 0. The van der Waals surface area contributed by atoms with Crippen LogP contribution in [0.4, 0.5) is 4.79 Å². The van der Waals surface area contributed by atoms with Crippen LogP contribution in [0, 0.1) is 0 Å². The summed E-state index contributed by atoms with van der Waals surface area (Å²) in [7, 11) is 0. The Balaban J connectivity index is 3.38. The average molecular weight is 495 g/mol. The van der Waals surface area contributed by atoms with E-state index >= 15 is 0 Å². The second kappa shape index (κ2) is 14.1. The second-order valence-corrected chi connectivity index (χ2v) is 9.10. The van der Waals surface area contributed by atoms with Crippen LogP contribution in [0.5, 0.6) is 5.75 Å². The molecule has 0 heterocycles. The number of nitrogens with two attached hydrogens (primary N) is 1. The van der Waals surface area contributed by atoms with Crippen molar-refractivity contribution < 1.29 is 34.1 Å². The minimum Gasteiger partial charge on any atom is -0.508 e. The van der Waals surface area contributed by atoms with Crippen molar-refractivity contribution in [2.24, 2.45) is 5.73 Å². The van der Waals surface area contributed by atoms with Crippen LogP contribution in [0.1, 0.15) is 65.0 Å². The summed E-state index contributed by atoms with van der Waals surface area (Å²) in [6.45, 7) is 6.58. The summed E-state index contributed by atoms with van der Waals surface area (Å²) in [6, 6.07) is 3.40. The molecule has 0 aliphatic carbocycles. The van der Waals surface area contributed by atoms with Gasteiger partial charge >= 0.3 is 6.09 Å². The van der Waals surface area contributed by atoms with Gasteiger partial charge < -0.3 is 36.2 Å². The number of nitrogens with one attached hydrogen (secondary N) is 2. The van der Waals surface area contributed by atoms with Gasteiger partial charge in [-0.15, -0.1) is 0 Å². The third-order valence-electron chi connectivity index (χ3n) is 4.87. The first kappa shape index (κ1) is 29.7. The van der Waals surface area contributed by atoms with Gasteiger partial charge in [-0.3, -0.25) is 14.4 Å². The number of ether oxygens (including phenoxy) is 1. The van der Waals surface area contributed by atoms with E-state index in [2.05, 4.69) is 10.6 Å². The number of hydrogen-bond donors (Lipinski definition) is 5. The quantitative estimate of drug-likeness (QED) is 0.257. The van der Waals surface area contributed by atoms with Crippen molar-refractivity contribution >= 4 is 23.8 Å². The topological polar surface area (TPSA) is 171 Å². The van der Waals surface area contributed by atoms with Gasteiger partial charge in [-0.1, -0.05) is 25.5 Å². The molecule has 0 bridgehead atoms. The molecule has 0 saturated carbocycles. The maximum Gasteiger partial charge on any atom is 0.408 e. The van der Waals surface area contributed by atoms with Gasteiger partial charge in [0, 0.05) is 19.5 Å². The van der Waals surface area contributed by atoms with Crippen LogP contribution in [0.2, 0.25) is 0 Å². The normalized spacial score (nSPS) is 12.8. The summed E-state index contributed by atoms with van der Waals surface area (Å²) < 4.78 is 5.24. The maximum absolute atomic E-state index is 13.6. The number of benzene rings is 1. The van der Waals surface area contributed by atoms with Crippen LogP contribution in [0.3, 0.4) is 0 Å². The number of unbranched alkanes of at least 4 members (excludes halogenated alkanes) is 1. The zero-order valence-electron chi connectivity index (χ0n) is 20.9. The molecule has 0 spiro atoms. The smallest absolute Gasteiger partial charge is 0.408 e. The fraction of sp³-hybridized carbons (Fsp3) is 0.583. The largest absolute Gasteiger partial charge is 0.508 e. The number of primary amides is 1.